The quantitative estimate of drug-likeness (QED) is 0.877. The number of halogens is 3. The van der Waals surface area contributed by atoms with Gasteiger partial charge in [-0.2, -0.15) is 13.2 Å². The molecule has 2 rings (SSSR count). The van der Waals surface area contributed by atoms with Gasteiger partial charge in [-0.25, -0.2) is 9.59 Å². The van der Waals surface area contributed by atoms with Crippen LogP contribution in [-0.2, 0) is 17.5 Å². The lowest BCUT2D eigenvalue weighted by Gasteiger charge is -2.16. The number of aromatic carboxylic acids is 1. The Morgan fingerprint density at radius 1 is 1.04 bits per heavy atom. The van der Waals surface area contributed by atoms with Crippen LogP contribution in [0.2, 0.25) is 0 Å². The summed E-state index contributed by atoms with van der Waals surface area (Å²) in [5.41, 5.74) is -2.16. The van der Waals surface area contributed by atoms with E-state index in [9.17, 15) is 22.8 Å². The number of benzene rings is 2. The Morgan fingerprint density at radius 3 is 2.29 bits per heavy atom. The maximum Gasteiger partial charge on any atom is 0.418 e. The van der Waals surface area contributed by atoms with Gasteiger partial charge in [-0.15, -0.1) is 0 Å². The van der Waals surface area contributed by atoms with Gasteiger partial charge in [0.1, 0.15) is 6.61 Å². The topological polar surface area (TPSA) is 75.6 Å². The summed E-state index contributed by atoms with van der Waals surface area (Å²) in [5, 5.41) is 10.9. The van der Waals surface area contributed by atoms with Gasteiger partial charge in [-0.3, -0.25) is 5.32 Å². The van der Waals surface area contributed by atoms with Crippen molar-refractivity contribution in [3.8, 4) is 0 Å². The SMILES string of the molecule is O=C(Nc1c(C(=O)O)cccc1C(F)(F)F)OCc1ccccc1. The van der Waals surface area contributed by atoms with Crippen molar-refractivity contribution in [3.05, 3.63) is 65.2 Å². The Balaban J connectivity index is 2.21. The molecule has 24 heavy (non-hydrogen) atoms. The lowest BCUT2D eigenvalue weighted by Crippen LogP contribution is -2.20. The molecule has 0 aliphatic heterocycles. The van der Waals surface area contributed by atoms with E-state index in [0.717, 1.165) is 12.1 Å². The van der Waals surface area contributed by atoms with Crippen molar-refractivity contribution < 1.29 is 32.6 Å². The van der Waals surface area contributed by atoms with Crippen LogP contribution in [-0.4, -0.2) is 17.2 Å². The summed E-state index contributed by atoms with van der Waals surface area (Å²) in [6, 6.07) is 11.1. The predicted molar refractivity (Wildman–Crippen MR) is 78.7 cm³/mol. The number of alkyl halides is 3. The minimum absolute atomic E-state index is 0.163. The highest BCUT2D eigenvalue weighted by Crippen LogP contribution is 2.36. The Labute approximate surface area is 134 Å². The number of amides is 1. The Bertz CT molecular complexity index is 745. The average molecular weight is 339 g/mol. The molecule has 0 aliphatic rings. The van der Waals surface area contributed by atoms with E-state index < -0.39 is 35.1 Å². The van der Waals surface area contributed by atoms with E-state index in [1.165, 1.54) is 0 Å². The molecule has 8 heteroatoms. The van der Waals surface area contributed by atoms with Gasteiger partial charge in [0.05, 0.1) is 16.8 Å². The fourth-order valence-corrected chi connectivity index (χ4v) is 1.96. The van der Waals surface area contributed by atoms with E-state index in [-0.39, 0.29) is 6.61 Å². The summed E-state index contributed by atoms with van der Waals surface area (Å²) in [4.78, 5) is 22.8. The molecule has 0 fully saturated rings. The summed E-state index contributed by atoms with van der Waals surface area (Å²) < 4.78 is 43.8. The number of nitrogens with one attached hydrogen (secondary N) is 1. The van der Waals surface area contributed by atoms with Crippen molar-refractivity contribution in [2.75, 3.05) is 5.32 Å². The molecule has 0 atom stereocenters. The van der Waals surface area contributed by atoms with E-state index in [2.05, 4.69) is 0 Å². The minimum atomic E-state index is -4.83. The first-order chi connectivity index (χ1) is 11.3. The summed E-state index contributed by atoms with van der Waals surface area (Å²) in [6.45, 7) is -0.163. The first-order valence-electron chi connectivity index (χ1n) is 6.70. The molecule has 0 spiro atoms. The van der Waals surface area contributed by atoms with Crippen LogP contribution < -0.4 is 5.32 Å². The van der Waals surface area contributed by atoms with Crippen LogP contribution in [0.3, 0.4) is 0 Å². The molecule has 2 aromatic rings. The zero-order chi connectivity index (χ0) is 17.7. The third-order valence-electron chi connectivity index (χ3n) is 3.04. The smallest absolute Gasteiger partial charge is 0.418 e. The van der Waals surface area contributed by atoms with Gasteiger partial charge in [0, 0.05) is 0 Å². The molecule has 5 nitrogen and oxygen atoms in total. The molecule has 0 radical (unpaired) electrons. The van der Waals surface area contributed by atoms with Crippen LogP contribution in [0, 0.1) is 0 Å². The van der Waals surface area contributed by atoms with E-state index in [0.29, 0.717) is 11.6 Å². The highest BCUT2D eigenvalue weighted by Gasteiger charge is 2.36. The standard InChI is InChI=1S/C16H12F3NO4/c17-16(18,19)12-8-4-7-11(14(21)22)13(12)20-15(23)24-9-10-5-2-1-3-6-10/h1-8H,9H2,(H,20,23)(H,21,22). The Morgan fingerprint density at radius 2 is 1.71 bits per heavy atom. The molecule has 1 amide bonds. The molecule has 2 aromatic carbocycles. The van der Waals surface area contributed by atoms with E-state index >= 15 is 0 Å². The number of carboxylic acid groups (broad SMARTS) is 1. The molecule has 0 heterocycles. The van der Waals surface area contributed by atoms with E-state index in [1.807, 2.05) is 5.32 Å². The molecular weight excluding hydrogens is 327 g/mol. The lowest BCUT2D eigenvalue weighted by atomic mass is 10.1. The first-order valence-corrected chi connectivity index (χ1v) is 6.70. The maximum atomic E-state index is 13.0. The number of carboxylic acids is 1. The molecule has 0 unspecified atom stereocenters. The molecule has 2 N–H and O–H groups in total. The second-order valence-corrected chi connectivity index (χ2v) is 4.72. The number of carbonyl (C=O) groups is 2. The van der Waals surface area contributed by atoms with Gasteiger partial charge in [0.15, 0.2) is 0 Å². The van der Waals surface area contributed by atoms with Crippen molar-refractivity contribution in [1.29, 1.82) is 0 Å². The molecular formula is C16H12F3NO4. The predicted octanol–water partition coefficient (Wildman–Crippen LogP) is 4.15. The highest BCUT2D eigenvalue weighted by atomic mass is 19.4. The van der Waals surface area contributed by atoms with Crippen molar-refractivity contribution >= 4 is 17.7 Å². The minimum Gasteiger partial charge on any atom is -0.478 e. The molecule has 0 aliphatic carbocycles. The fourth-order valence-electron chi connectivity index (χ4n) is 1.96. The van der Waals surface area contributed by atoms with Gasteiger partial charge in [-0.05, 0) is 17.7 Å². The summed E-state index contributed by atoms with van der Waals surface area (Å²) in [5.74, 6) is -1.60. The number of para-hydroxylation sites is 1. The van der Waals surface area contributed by atoms with Crippen molar-refractivity contribution in [2.45, 2.75) is 12.8 Å². The monoisotopic (exact) mass is 339 g/mol. The maximum absolute atomic E-state index is 13.0. The zero-order valence-corrected chi connectivity index (χ0v) is 12.1. The molecule has 0 aromatic heterocycles. The van der Waals surface area contributed by atoms with Crippen LogP contribution in [0.15, 0.2) is 48.5 Å². The van der Waals surface area contributed by atoms with Crippen molar-refractivity contribution in [1.82, 2.24) is 0 Å². The number of carbonyl (C=O) groups excluding carboxylic acids is 1. The molecule has 0 bridgehead atoms. The fraction of sp³-hybridized carbons (Fsp3) is 0.125. The normalized spacial score (nSPS) is 11.0. The summed E-state index contributed by atoms with van der Waals surface area (Å²) >= 11 is 0. The van der Waals surface area contributed by atoms with E-state index in [1.54, 1.807) is 30.3 Å². The van der Waals surface area contributed by atoms with Gasteiger partial charge in [0.25, 0.3) is 0 Å². The largest absolute Gasteiger partial charge is 0.478 e. The first kappa shape index (κ1) is 17.3. The number of ether oxygens (including phenoxy) is 1. The van der Waals surface area contributed by atoms with Crippen molar-refractivity contribution in [2.24, 2.45) is 0 Å². The van der Waals surface area contributed by atoms with Gasteiger partial charge >= 0.3 is 18.2 Å². The van der Waals surface area contributed by atoms with Crippen LogP contribution >= 0.6 is 0 Å². The molecule has 126 valence electrons. The second kappa shape index (κ2) is 7.03. The molecule has 0 saturated carbocycles. The Kier molecular flexibility index (Phi) is 5.08. The molecule has 0 saturated heterocycles. The summed E-state index contributed by atoms with van der Waals surface area (Å²) in [7, 11) is 0. The number of hydrogen-bond donors (Lipinski definition) is 2. The Hall–Kier alpha value is -3.03. The average Bonchev–Trinajstić information content (AvgIpc) is 2.53. The highest BCUT2D eigenvalue weighted by molar-refractivity contribution is 5.99. The van der Waals surface area contributed by atoms with Gasteiger partial charge < -0.3 is 9.84 Å². The van der Waals surface area contributed by atoms with Crippen LogP contribution in [0.25, 0.3) is 0 Å². The zero-order valence-electron chi connectivity index (χ0n) is 12.1. The van der Waals surface area contributed by atoms with Crippen LogP contribution in [0.1, 0.15) is 21.5 Å². The van der Waals surface area contributed by atoms with Crippen molar-refractivity contribution in [3.63, 3.8) is 0 Å². The van der Waals surface area contributed by atoms with Gasteiger partial charge in [0.2, 0.25) is 0 Å². The second-order valence-electron chi connectivity index (χ2n) is 4.72. The van der Waals surface area contributed by atoms with Crippen LogP contribution in [0.4, 0.5) is 23.7 Å². The third kappa shape index (κ3) is 4.25. The third-order valence-corrected chi connectivity index (χ3v) is 3.04. The number of hydrogen-bond acceptors (Lipinski definition) is 3. The van der Waals surface area contributed by atoms with E-state index in [4.69, 9.17) is 9.84 Å². The number of anilines is 1. The number of rotatable bonds is 4. The van der Waals surface area contributed by atoms with Gasteiger partial charge in [-0.1, -0.05) is 36.4 Å². The lowest BCUT2D eigenvalue weighted by molar-refractivity contribution is -0.136. The van der Waals surface area contributed by atoms with Crippen LogP contribution in [0.5, 0.6) is 0 Å². The summed E-state index contributed by atoms with van der Waals surface area (Å²) in [6.07, 6.45) is -6.01.